The minimum atomic E-state index is -0.0127. The molecule has 0 fully saturated rings. The van der Waals surface area contributed by atoms with Crippen LogP contribution < -0.4 is 15.2 Å². The van der Waals surface area contributed by atoms with Crippen LogP contribution in [0, 0.1) is 0 Å². The highest BCUT2D eigenvalue weighted by molar-refractivity contribution is 6.42. The highest BCUT2D eigenvalue weighted by atomic mass is 35.5. The van der Waals surface area contributed by atoms with Gasteiger partial charge in [-0.3, -0.25) is 0 Å². The maximum atomic E-state index is 5.96. The topological polar surface area (TPSA) is 44.5 Å². The molecule has 2 aromatic rings. The van der Waals surface area contributed by atoms with Crippen LogP contribution in [0.5, 0.6) is 11.5 Å². The molecule has 0 aliphatic carbocycles. The standard InChI is InChI=1S/C15H13Cl2NO2/c16-11-6-13(18)15(7-12(11)17)19-8-10-5-9-3-1-2-4-14(9)20-10/h1-4,6-7,10H,5,8,18H2. The smallest absolute Gasteiger partial charge is 0.143 e. The number of rotatable bonds is 3. The predicted molar refractivity (Wildman–Crippen MR) is 80.9 cm³/mol. The summed E-state index contributed by atoms with van der Waals surface area (Å²) < 4.78 is 11.5. The molecule has 0 amide bonds. The number of para-hydroxylation sites is 1. The molecule has 20 heavy (non-hydrogen) atoms. The molecule has 2 N–H and O–H groups in total. The number of ether oxygens (including phenoxy) is 2. The van der Waals surface area contributed by atoms with Gasteiger partial charge < -0.3 is 15.2 Å². The van der Waals surface area contributed by atoms with E-state index in [2.05, 4.69) is 6.07 Å². The Labute approximate surface area is 127 Å². The molecule has 1 unspecified atom stereocenters. The van der Waals surface area contributed by atoms with Crippen molar-refractivity contribution in [2.45, 2.75) is 12.5 Å². The molecule has 1 heterocycles. The second kappa shape index (κ2) is 5.43. The molecule has 3 rings (SSSR count). The minimum absolute atomic E-state index is 0.0127. The molecular formula is C15H13Cl2NO2. The van der Waals surface area contributed by atoms with Crippen molar-refractivity contribution in [2.75, 3.05) is 12.3 Å². The first-order valence-corrected chi connectivity index (χ1v) is 7.01. The van der Waals surface area contributed by atoms with Crippen LogP contribution in [0.25, 0.3) is 0 Å². The van der Waals surface area contributed by atoms with Crippen molar-refractivity contribution in [3.05, 3.63) is 52.0 Å². The zero-order chi connectivity index (χ0) is 14.1. The number of nitrogen functional groups attached to an aromatic ring is 1. The fraction of sp³-hybridized carbons (Fsp3) is 0.200. The first-order valence-electron chi connectivity index (χ1n) is 6.25. The molecule has 0 radical (unpaired) electrons. The van der Waals surface area contributed by atoms with Gasteiger partial charge in [-0.05, 0) is 17.7 Å². The van der Waals surface area contributed by atoms with E-state index in [0.717, 1.165) is 12.2 Å². The highest BCUT2D eigenvalue weighted by Crippen LogP contribution is 2.33. The summed E-state index contributed by atoms with van der Waals surface area (Å²) in [6.45, 7) is 0.414. The van der Waals surface area contributed by atoms with E-state index in [-0.39, 0.29) is 6.10 Å². The van der Waals surface area contributed by atoms with Crippen LogP contribution in [-0.4, -0.2) is 12.7 Å². The van der Waals surface area contributed by atoms with Crippen LogP contribution in [0.1, 0.15) is 5.56 Å². The molecular weight excluding hydrogens is 297 g/mol. The van der Waals surface area contributed by atoms with Crippen LogP contribution in [0.4, 0.5) is 5.69 Å². The van der Waals surface area contributed by atoms with Crippen LogP contribution in [-0.2, 0) is 6.42 Å². The van der Waals surface area contributed by atoms with Crippen LogP contribution >= 0.6 is 23.2 Å². The fourth-order valence-electron chi connectivity index (χ4n) is 2.20. The number of nitrogens with two attached hydrogens (primary N) is 1. The summed E-state index contributed by atoms with van der Waals surface area (Å²) in [6.07, 6.45) is 0.818. The molecule has 0 saturated carbocycles. The van der Waals surface area contributed by atoms with Crippen molar-refractivity contribution in [1.82, 2.24) is 0 Å². The summed E-state index contributed by atoms with van der Waals surface area (Å²) in [4.78, 5) is 0. The molecule has 0 aromatic heterocycles. The monoisotopic (exact) mass is 309 g/mol. The number of benzene rings is 2. The summed E-state index contributed by atoms with van der Waals surface area (Å²) in [7, 11) is 0. The Hall–Kier alpha value is -1.58. The largest absolute Gasteiger partial charge is 0.487 e. The average molecular weight is 310 g/mol. The number of hydrogen-bond acceptors (Lipinski definition) is 3. The Bertz CT molecular complexity index is 621. The van der Waals surface area contributed by atoms with Crippen molar-refractivity contribution in [1.29, 1.82) is 0 Å². The molecule has 2 aromatic carbocycles. The van der Waals surface area contributed by atoms with Gasteiger partial charge in [-0.1, -0.05) is 41.4 Å². The molecule has 0 bridgehead atoms. The number of hydrogen-bond donors (Lipinski definition) is 1. The van der Waals surface area contributed by atoms with Crippen LogP contribution in [0.2, 0.25) is 10.0 Å². The first-order chi connectivity index (χ1) is 9.63. The molecule has 1 aliphatic heterocycles. The zero-order valence-corrected chi connectivity index (χ0v) is 12.1. The number of halogens is 2. The van der Waals surface area contributed by atoms with Gasteiger partial charge in [0.1, 0.15) is 24.2 Å². The van der Waals surface area contributed by atoms with Crippen LogP contribution in [0.3, 0.4) is 0 Å². The summed E-state index contributed by atoms with van der Waals surface area (Å²) in [5.74, 6) is 1.45. The number of fused-ring (bicyclic) bond motifs is 1. The SMILES string of the molecule is Nc1cc(Cl)c(Cl)cc1OCC1Cc2ccccc2O1. The Balaban J connectivity index is 1.66. The summed E-state index contributed by atoms with van der Waals surface area (Å²) in [6, 6.07) is 11.2. The van der Waals surface area contributed by atoms with Crippen molar-refractivity contribution in [3.63, 3.8) is 0 Å². The van der Waals surface area contributed by atoms with Gasteiger partial charge in [0.15, 0.2) is 0 Å². The predicted octanol–water partition coefficient (Wildman–Crippen LogP) is 3.96. The third-order valence-corrected chi connectivity index (χ3v) is 3.91. The second-order valence-corrected chi connectivity index (χ2v) is 5.48. The summed E-state index contributed by atoms with van der Waals surface area (Å²) in [5, 5.41) is 0.840. The van der Waals surface area contributed by atoms with E-state index in [0.29, 0.717) is 28.1 Å². The molecule has 104 valence electrons. The maximum Gasteiger partial charge on any atom is 0.143 e. The lowest BCUT2D eigenvalue weighted by Gasteiger charge is -2.14. The second-order valence-electron chi connectivity index (χ2n) is 4.67. The Kier molecular flexibility index (Phi) is 3.64. The van der Waals surface area contributed by atoms with Gasteiger partial charge in [-0.2, -0.15) is 0 Å². The Morgan fingerprint density at radius 1 is 1.20 bits per heavy atom. The van der Waals surface area contributed by atoms with E-state index in [9.17, 15) is 0 Å². The van der Waals surface area contributed by atoms with E-state index in [1.165, 1.54) is 5.56 Å². The summed E-state index contributed by atoms with van der Waals surface area (Å²) in [5.41, 5.74) is 7.52. The van der Waals surface area contributed by atoms with Crippen molar-refractivity contribution >= 4 is 28.9 Å². The third-order valence-electron chi connectivity index (χ3n) is 3.19. The third kappa shape index (κ3) is 2.65. The molecule has 1 atom stereocenters. The maximum absolute atomic E-state index is 5.96. The lowest BCUT2D eigenvalue weighted by molar-refractivity contribution is 0.149. The van der Waals surface area contributed by atoms with Crippen molar-refractivity contribution in [3.8, 4) is 11.5 Å². The van der Waals surface area contributed by atoms with Crippen molar-refractivity contribution < 1.29 is 9.47 Å². The van der Waals surface area contributed by atoms with Gasteiger partial charge in [0, 0.05) is 12.5 Å². The zero-order valence-electron chi connectivity index (χ0n) is 10.6. The van der Waals surface area contributed by atoms with Crippen molar-refractivity contribution in [2.24, 2.45) is 0 Å². The van der Waals surface area contributed by atoms with Gasteiger partial charge in [0.25, 0.3) is 0 Å². The Morgan fingerprint density at radius 3 is 2.75 bits per heavy atom. The highest BCUT2D eigenvalue weighted by Gasteiger charge is 2.23. The van der Waals surface area contributed by atoms with Gasteiger partial charge in [0.2, 0.25) is 0 Å². The van der Waals surface area contributed by atoms with Gasteiger partial charge in [-0.25, -0.2) is 0 Å². The molecule has 1 aliphatic rings. The quantitative estimate of drug-likeness (QED) is 0.873. The fourth-order valence-corrected chi connectivity index (χ4v) is 2.52. The molecule has 3 nitrogen and oxygen atoms in total. The number of anilines is 1. The first kappa shape index (κ1) is 13.4. The van der Waals surface area contributed by atoms with E-state index >= 15 is 0 Å². The molecule has 0 saturated heterocycles. The van der Waals surface area contributed by atoms with Gasteiger partial charge in [0.05, 0.1) is 15.7 Å². The lowest BCUT2D eigenvalue weighted by atomic mass is 10.1. The van der Waals surface area contributed by atoms with E-state index in [4.69, 9.17) is 38.4 Å². The van der Waals surface area contributed by atoms with E-state index < -0.39 is 0 Å². The van der Waals surface area contributed by atoms with Gasteiger partial charge >= 0.3 is 0 Å². The van der Waals surface area contributed by atoms with Gasteiger partial charge in [-0.15, -0.1) is 0 Å². The van der Waals surface area contributed by atoms with E-state index in [1.54, 1.807) is 12.1 Å². The van der Waals surface area contributed by atoms with E-state index in [1.807, 2.05) is 18.2 Å². The van der Waals surface area contributed by atoms with Crippen LogP contribution in [0.15, 0.2) is 36.4 Å². The lowest BCUT2D eigenvalue weighted by Crippen LogP contribution is -2.22. The summed E-state index contributed by atoms with van der Waals surface area (Å²) >= 11 is 11.8. The Morgan fingerprint density at radius 2 is 1.95 bits per heavy atom. The minimum Gasteiger partial charge on any atom is -0.487 e. The molecule has 5 heteroatoms. The molecule has 0 spiro atoms. The normalized spacial score (nSPS) is 16.6. The average Bonchev–Trinajstić information content (AvgIpc) is 2.84.